The Morgan fingerprint density at radius 2 is 1.34 bits per heavy atom. The molecule has 1 heterocycles. The summed E-state index contributed by atoms with van der Waals surface area (Å²) in [6, 6.07) is 22.1. The summed E-state index contributed by atoms with van der Waals surface area (Å²) in [5.41, 5.74) is 2.26. The normalized spacial score (nSPS) is 14.4. The zero-order valence-electron chi connectivity index (χ0n) is 19.7. The Balaban J connectivity index is 1.62. The van der Waals surface area contributed by atoms with Crippen LogP contribution < -0.4 is 9.47 Å². The van der Waals surface area contributed by atoms with Gasteiger partial charge in [-0.25, -0.2) is 4.79 Å². The van der Waals surface area contributed by atoms with Crippen molar-refractivity contribution in [3.05, 3.63) is 93.1 Å². The van der Waals surface area contributed by atoms with Crippen molar-refractivity contribution in [3.8, 4) is 11.5 Å². The predicted molar refractivity (Wildman–Crippen MR) is 142 cm³/mol. The molecule has 0 spiro atoms. The van der Waals surface area contributed by atoms with E-state index in [9.17, 15) is 14.7 Å². The Morgan fingerprint density at radius 1 is 0.857 bits per heavy atom. The maximum Gasteiger partial charge on any atom is 0.390 e. The summed E-state index contributed by atoms with van der Waals surface area (Å²) in [6.45, 7) is 4.58. The fourth-order valence-corrected chi connectivity index (χ4v) is 4.72. The highest BCUT2D eigenvalue weighted by Gasteiger charge is 2.53. The highest BCUT2D eigenvalue weighted by Crippen LogP contribution is 2.37. The summed E-state index contributed by atoms with van der Waals surface area (Å²) in [7, 11) is 0. The molecule has 182 valence electrons. The van der Waals surface area contributed by atoms with Crippen molar-refractivity contribution in [2.75, 3.05) is 13.1 Å². The topological polar surface area (TPSA) is 76.1 Å². The van der Waals surface area contributed by atoms with Gasteiger partial charge in [0.15, 0.2) is 0 Å². The van der Waals surface area contributed by atoms with Crippen molar-refractivity contribution in [2.45, 2.75) is 32.5 Å². The lowest BCUT2D eigenvalue weighted by molar-refractivity contribution is -0.204. The lowest BCUT2D eigenvalue weighted by Gasteiger charge is -2.41. The molecule has 3 aromatic carbocycles. The van der Waals surface area contributed by atoms with Crippen molar-refractivity contribution in [2.24, 2.45) is 5.92 Å². The first-order valence-electron chi connectivity index (χ1n) is 11.6. The standard InChI is InChI=1S/C28H28INO5/c1-19-7-3-5-9-24(19)34-28(27(32)33,35-25-10-6-4-8-20(25)2)22-15-17-30(18-16-22)26(31)21-11-13-23(29)14-12-21/h3-14,22H,15-18H2,1-2H3,(H,32,33). The molecule has 0 radical (unpaired) electrons. The Kier molecular flexibility index (Phi) is 7.64. The van der Waals surface area contributed by atoms with Crippen LogP contribution in [0.15, 0.2) is 72.8 Å². The molecule has 1 N–H and O–H groups in total. The van der Waals surface area contributed by atoms with Crippen LogP contribution in [0.25, 0.3) is 0 Å². The first kappa shape index (κ1) is 25.0. The molecule has 1 aliphatic heterocycles. The number of nitrogens with zero attached hydrogens (tertiary/aromatic N) is 1. The number of carbonyl (C=O) groups excluding carboxylic acids is 1. The molecule has 0 atom stereocenters. The molecule has 6 nitrogen and oxygen atoms in total. The number of carboxylic acid groups (broad SMARTS) is 1. The predicted octanol–water partition coefficient (Wildman–Crippen LogP) is 5.70. The first-order chi connectivity index (χ1) is 16.8. The number of rotatable bonds is 7. The molecule has 1 fully saturated rings. The zero-order valence-corrected chi connectivity index (χ0v) is 21.9. The maximum atomic E-state index is 13.0. The summed E-state index contributed by atoms with van der Waals surface area (Å²) in [6.07, 6.45) is 0.861. The molecule has 35 heavy (non-hydrogen) atoms. The molecular formula is C28H28INO5. The van der Waals surface area contributed by atoms with E-state index in [0.717, 1.165) is 14.7 Å². The fourth-order valence-electron chi connectivity index (χ4n) is 4.36. The fraction of sp³-hybridized carbons (Fsp3) is 0.286. The van der Waals surface area contributed by atoms with E-state index in [-0.39, 0.29) is 5.91 Å². The van der Waals surface area contributed by atoms with E-state index < -0.39 is 17.7 Å². The van der Waals surface area contributed by atoms with Gasteiger partial charge in [-0.05, 0) is 96.8 Å². The number of carbonyl (C=O) groups is 2. The number of carboxylic acids is 1. The van der Waals surface area contributed by atoms with E-state index >= 15 is 0 Å². The minimum Gasteiger partial charge on any atom is -0.475 e. The number of benzene rings is 3. The van der Waals surface area contributed by atoms with Crippen LogP contribution in [0, 0.1) is 23.3 Å². The number of amides is 1. The lowest BCUT2D eigenvalue weighted by atomic mass is 9.87. The molecular weight excluding hydrogens is 557 g/mol. The van der Waals surface area contributed by atoms with Gasteiger partial charge >= 0.3 is 11.8 Å². The van der Waals surface area contributed by atoms with Crippen LogP contribution in [0.1, 0.15) is 34.3 Å². The number of para-hydroxylation sites is 2. The van der Waals surface area contributed by atoms with Crippen molar-refractivity contribution in [1.82, 2.24) is 4.90 Å². The molecule has 7 heteroatoms. The van der Waals surface area contributed by atoms with Gasteiger partial charge in [0.1, 0.15) is 11.5 Å². The molecule has 0 aromatic heterocycles. The second-order valence-corrected chi connectivity index (χ2v) is 10.0. The van der Waals surface area contributed by atoms with Crippen molar-refractivity contribution in [1.29, 1.82) is 0 Å². The number of piperidine rings is 1. The third kappa shape index (κ3) is 5.45. The second kappa shape index (κ2) is 10.7. The van der Waals surface area contributed by atoms with Crippen LogP contribution in [0.4, 0.5) is 0 Å². The average Bonchev–Trinajstić information content (AvgIpc) is 2.86. The lowest BCUT2D eigenvalue weighted by Crippen LogP contribution is -2.59. The van der Waals surface area contributed by atoms with Crippen molar-refractivity contribution in [3.63, 3.8) is 0 Å². The van der Waals surface area contributed by atoms with E-state index in [1.54, 1.807) is 17.0 Å². The smallest absolute Gasteiger partial charge is 0.390 e. The number of ether oxygens (including phenoxy) is 2. The van der Waals surface area contributed by atoms with E-state index in [0.29, 0.717) is 43.0 Å². The molecule has 1 aliphatic rings. The van der Waals surface area contributed by atoms with Gasteiger partial charge in [0.25, 0.3) is 5.91 Å². The number of aliphatic carboxylic acids is 1. The van der Waals surface area contributed by atoms with E-state index in [4.69, 9.17) is 9.47 Å². The Bertz CT molecular complexity index is 1150. The molecule has 0 saturated carbocycles. The summed E-state index contributed by atoms with van der Waals surface area (Å²) in [5, 5.41) is 10.5. The van der Waals surface area contributed by atoms with Gasteiger partial charge < -0.3 is 19.5 Å². The van der Waals surface area contributed by atoms with Crippen molar-refractivity contribution < 1.29 is 24.2 Å². The average molecular weight is 585 g/mol. The Hall–Kier alpha value is -3.07. The van der Waals surface area contributed by atoms with Crippen LogP contribution in [-0.4, -0.2) is 40.8 Å². The Morgan fingerprint density at radius 3 is 1.80 bits per heavy atom. The van der Waals surface area contributed by atoms with Gasteiger partial charge in [-0.3, -0.25) is 4.79 Å². The van der Waals surface area contributed by atoms with E-state index in [2.05, 4.69) is 22.6 Å². The zero-order chi connectivity index (χ0) is 25.0. The SMILES string of the molecule is Cc1ccccc1OC(Oc1ccccc1C)(C(=O)O)C1CCN(C(=O)c2ccc(I)cc2)CC1. The van der Waals surface area contributed by atoms with Gasteiger partial charge in [0.2, 0.25) is 0 Å². The molecule has 0 unspecified atom stereocenters. The minimum absolute atomic E-state index is 0.0552. The molecule has 4 rings (SSSR count). The van der Waals surface area contributed by atoms with Gasteiger partial charge in [0.05, 0.1) is 5.92 Å². The molecule has 0 bridgehead atoms. The number of hydrogen-bond acceptors (Lipinski definition) is 4. The summed E-state index contributed by atoms with van der Waals surface area (Å²) in [4.78, 5) is 27.7. The monoisotopic (exact) mass is 585 g/mol. The quantitative estimate of drug-likeness (QED) is 0.285. The molecule has 1 saturated heterocycles. The minimum atomic E-state index is -1.93. The van der Waals surface area contributed by atoms with Crippen molar-refractivity contribution >= 4 is 34.5 Å². The van der Waals surface area contributed by atoms with Crippen LogP contribution in [0.5, 0.6) is 11.5 Å². The van der Waals surface area contributed by atoms with Gasteiger partial charge in [-0.1, -0.05) is 36.4 Å². The van der Waals surface area contributed by atoms with Crippen LogP contribution >= 0.6 is 22.6 Å². The number of likely N-dealkylation sites (tertiary alicyclic amines) is 1. The highest BCUT2D eigenvalue weighted by atomic mass is 127. The largest absolute Gasteiger partial charge is 0.475 e. The number of hydrogen-bond donors (Lipinski definition) is 1. The van der Waals surface area contributed by atoms with Gasteiger partial charge in [0, 0.05) is 22.2 Å². The third-order valence-electron chi connectivity index (χ3n) is 6.42. The van der Waals surface area contributed by atoms with E-state index in [1.165, 1.54) is 0 Å². The maximum absolute atomic E-state index is 13.0. The summed E-state index contributed by atoms with van der Waals surface area (Å²) >= 11 is 2.21. The Labute approximate surface area is 219 Å². The molecule has 3 aromatic rings. The molecule has 0 aliphatic carbocycles. The summed E-state index contributed by atoms with van der Waals surface area (Å²) in [5.74, 6) is -2.73. The molecule has 1 amide bonds. The third-order valence-corrected chi connectivity index (χ3v) is 7.14. The van der Waals surface area contributed by atoms with Crippen LogP contribution in [0.3, 0.4) is 0 Å². The summed E-state index contributed by atoms with van der Waals surface area (Å²) < 4.78 is 13.6. The van der Waals surface area contributed by atoms with Crippen LogP contribution in [-0.2, 0) is 4.79 Å². The van der Waals surface area contributed by atoms with Gasteiger partial charge in [-0.2, -0.15) is 0 Å². The first-order valence-corrected chi connectivity index (χ1v) is 12.7. The van der Waals surface area contributed by atoms with E-state index in [1.807, 2.05) is 74.5 Å². The number of aryl methyl sites for hydroxylation is 2. The number of halogens is 1. The van der Waals surface area contributed by atoms with Crippen LogP contribution in [0.2, 0.25) is 0 Å². The van der Waals surface area contributed by atoms with Gasteiger partial charge in [-0.15, -0.1) is 0 Å². The second-order valence-electron chi connectivity index (χ2n) is 8.78. The highest BCUT2D eigenvalue weighted by molar-refractivity contribution is 14.1.